The number of aromatic nitrogens is 2. The second-order valence-corrected chi connectivity index (χ2v) is 9.63. The molecule has 0 amide bonds. The summed E-state index contributed by atoms with van der Waals surface area (Å²) in [5.41, 5.74) is 2.01. The molecule has 0 saturated carbocycles. The molecule has 4 rings (SSSR count). The van der Waals surface area contributed by atoms with Crippen molar-refractivity contribution in [3.05, 3.63) is 83.4 Å². The van der Waals surface area contributed by atoms with E-state index in [1.165, 1.54) is 30.1 Å². The van der Waals surface area contributed by atoms with Gasteiger partial charge < -0.3 is 4.52 Å². The highest BCUT2D eigenvalue weighted by atomic mass is 35.5. The number of nitrogens with one attached hydrogen (secondary N) is 1. The van der Waals surface area contributed by atoms with Gasteiger partial charge in [0.2, 0.25) is 5.82 Å². The molecule has 1 N–H and O–H groups in total. The van der Waals surface area contributed by atoms with Crippen LogP contribution in [0.5, 0.6) is 0 Å². The highest BCUT2D eigenvalue weighted by Gasteiger charge is 2.24. The molecule has 0 bridgehead atoms. The van der Waals surface area contributed by atoms with Crippen LogP contribution in [0.4, 0.5) is 0 Å². The normalized spacial score (nSPS) is 11.1. The number of halogens is 1. The summed E-state index contributed by atoms with van der Waals surface area (Å²) < 4.78 is 32.7. The van der Waals surface area contributed by atoms with E-state index in [0.29, 0.717) is 16.5 Å². The van der Waals surface area contributed by atoms with Crippen LogP contribution in [0.2, 0.25) is 5.02 Å². The Balaban J connectivity index is 1.75. The van der Waals surface area contributed by atoms with Gasteiger partial charge in [0, 0.05) is 16.2 Å². The topological polar surface area (TPSA) is 109 Å². The largest absolute Gasteiger partial charge is 0.334 e. The third-order valence-electron chi connectivity index (χ3n) is 4.43. The van der Waals surface area contributed by atoms with Crippen molar-refractivity contribution in [1.29, 1.82) is 5.26 Å². The lowest BCUT2D eigenvalue weighted by Gasteiger charge is -2.12. The van der Waals surface area contributed by atoms with E-state index < -0.39 is 10.0 Å². The molecule has 0 aliphatic heterocycles. The van der Waals surface area contributed by atoms with Gasteiger partial charge >= 0.3 is 0 Å². The third kappa shape index (κ3) is 4.78. The van der Waals surface area contributed by atoms with Gasteiger partial charge in [-0.3, -0.25) is 0 Å². The summed E-state index contributed by atoms with van der Waals surface area (Å²) in [6.45, 7) is 0. The number of nitrogens with zero attached hydrogens (tertiary/aromatic N) is 3. The molecule has 1 heterocycles. The van der Waals surface area contributed by atoms with Crippen molar-refractivity contribution in [2.75, 3.05) is 0 Å². The maximum atomic E-state index is 12.7. The number of hydrogen-bond donors (Lipinski definition) is 1. The van der Waals surface area contributed by atoms with Crippen molar-refractivity contribution in [3.63, 3.8) is 0 Å². The minimum absolute atomic E-state index is 0.0712. The number of thioether (sulfide) groups is 1. The lowest BCUT2D eigenvalue weighted by Crippen LogP contribution is -2.19. The Hall–Kier alpha value is -3.32. The molecule has 1 aromatic heterocycles. The van der Waals surface area contributed by atoms with E-state index in [0.717, 1.165) is 11.1 Å². The molecule has 0 aliphatic rings. The Bertz CT molecular complexity index is 1390. The van der Waals surface area contributed by atoms with Gasteiger partial charge in [0.25, 0.3) is 15.9 Å². The van der Waals surface area contributed by atoms with Crippen LogP contribution in [0.25, 0.3) is 22.8 Å². The van der Waals surface area contributed by atoms with Crippen LogP contribution in [0.3, 0.4) is 0 Å². The molecule has 0 spiro atoms. The average molecular weight is 483 g/mol. The fourth-order valence-electron chi connectivity index (χ4n) is 2.91. The molecule has 7 nitrogen and oxygen atoms in total. The van der Waals surface area contributed by atoms with Gasteiger partial charge in [0.15, 0.2) is 6.19 Å². The maximum absolute atomic E-state index is 12.7. The standard InChI is InChI=1S/C22H15ClN4O3S2/c23-18-12-19(31-13-15-7-3-1-4-8-15)20(32(28,29)25-14-24)11-17(18)22-26-21(27-30-22)16-9-5-2-6-10-16/h1-12,25H,13H2. The first-order chi connectivity index (χ1) is 15.5. The quantitative estimate of drug-likeness (QED) is 0.221. The maximum Gasteiger partial charge on any atom is 0.271 e. The Morgan fingerprint density at radius 3 is 2.44 bits per heavy atom. The smallest absolute Gasteiger partial charge is 0.271 e. The summed E-state index contributed by atoms with van der Waals surface area (Å²) in [6, 6.07) is 21.7. The third-order valence-corrected chi connectivity index (χ3v) is 7.27. The number of sulfonamides is 1. The van der Waals surface area contributed by atoms with Gasteiger partial charge in [-0.15, -0.1) is 11.8 Å². The zero-order valence-corrected chi connectivity index (χ0v) is 18.8. The highest BCUT2D eigenvalue weighted by Crippen LogP contribution is 2.38. The first-order valence-electron chi connectivity index (χ1n) is 9.28. The molecule has 0 saturated heterocycles. The van der Waals surface area contributed by atoms with Crippen molar-refractivity contribution < 1.29 is 12.9 Å². The highest BCUT2D eigenvalue weighted by molar-refractivity contribution is 7.99. The van der Waals surface area contributed by atoms with E-state index in [-0.39, 0.29) is 21.4 Å². The van der Waals surface area contributed by atoms with Gasteiger partial charge in [-0.25, -0.2) is 13.1 Å². The Labute approximate surface area is 194 Å². The number of benzene rings is 3. The lowest BCUT2D eigenvalue weighted by molar-refractivity contribution is 0.432. The van der Waals surface area contributed by atoms with Gasteiger partial charge in [-0.1, -0.05) is 77.4 Å². The summed E-state index contributed by atoms with van der Waals surface area (Å²) in [7, 11) is -4.12. The van der Waals surface area contributed by atoms with Gasteiger partial charge in [0.05, 0.1) is 10.6 Å². The molecule has 0 radical (unpaired) electrons. The van der Waals surface area contributed by atoms with Crippen LogP contribution in [0.15, 0.2) is 87.1 Å². The molecular weight excluding hydrogens is 468 g/mol. The van der Waals surface area contributed by atoms with Gasteiger partial charge in [0.1, 0.15) is 4.90 Å². The second kappa shape index (κ2) is 9.44. The van der Waals surface area contributed by atoms with Crippen molar-refractivity contribution in [2.45, 2.75) is 15.5 Å². The van der Waals surface area contributed by atoms with Crippen LogP contribution in [-0.2, 0) is 15.8 Å². The molecule has 160 valence electrons. The minimum atomic E-state index is -4.12. The predicted octanol–water partition coefficient (Wildman–Crippen LogP) is 5.11. The Morgan fingerprint density at radius 1 is 1.06 bits per heavy atom. The van der Waals surface area contributed by atoms with E-state index in [1.54, 1.807) is 0 Å². The number of nitriles is 1. The SMILES string of the molecule is N#CNS(=O)(=O)c1cc(-c2nc(-c3ccccc3)no2)c(Cl)cc1SCc1ccccc1. The summed E-state index contributed by atoms with van der Waals surface area (Å²) in [4.78, 5) is 4.65. The first kappa shape index (κ1) is 21.9. The van der Waals surface area contributed by atoms with Crippen LogP contribution in [0, 0.1) is 11.5 Å². The zero-order chi connectivity index (χ0) is 22.6. The van der Waals surface area contributed by atoms with Crippen molar-refractivity contribution in [2.24, 2.45) is 0 Å². The molecule has 0 atom stereocenters. The van der Waals surface area contributed by atoms with Crippen LogP contribution in [0.1, 0.15) is 5.56 Å². The number of rotatable bonds is 7. The fraction of sp³-hybridized carbons (Fsp3) is 0.0455. The van der Waals surface area contributed by atoms with Crippen molar-refractivity contribution in [3.8, 4) is 29.0 Å². The zero-order valence-electron chi connectivity index (χ0n) is 16.4. The molecule has 0 unspecified atom stereocenters. The van der Waals surface area contributed by atoms with E-state index in [1.807, 2.05) is 65.4 Å². The van der Waals surface area contributed by atoms with Gasteiger partial charge in [-0.05, 0) is 17.7 Å². The van der Waals surface area contributed by atoms with E-state index in [9.17, 15) is 8.42 Å². The van der Waals surface area contributed by atoms with Crippen LogP contribution in [-0.4, -0.2) is 18.6 Å². The number of hydrogen-bond acceptors (Lipinski definition) is 7. The molecule has 10 heteroatoms. The molecule has 0 aliphatic carbocycles. The van der Waals surface area contributed by atoms with E-state index >= 15 is 0 Å². The van der Waals surface area contributed by atoms with E-state index in [4.69, 9.17) is 21.4 Å². The lowest BCUT2D eigenvalue weighted by atomic mass is 10.2. The molecule has 32 heavy (non-hydrogen) atoms. The summed E-state index contributed by atoms with van der Waals surface area (Å²) in [6.07, 6.45) is 1.48. The van der Waals surface area contributed by atoms with Gasteiger partial charge in [-0.2, -0.15) is 10.2 Å². The van der Waals surface area contributed by atoms with Crippen LogP contribution >= 0.6 is 23.4 Å². The monoisotopic (exact) mass is 482 g/mol. The molecule has 4 aromatic rings. The van der Waals surface area contributed by atoms with E-state index in [2.05, 4.69) is 10.1 Å². The summed E-state index contributed by atoms with van der Waals surface area (Å²) >= 11 is 7.77. The van der Waals surface area contributed by atoms with Crippen LogP contribution < -0.4 is 4.72 Å². The first-order valence-corrected chi connectivity index (χ1v) is 12.1. The Morgan fingerprint density at radius 2 is 1.75 bits per heavy atom. The predicted molar refractivity (Wildman–Crippen MR) is 122 cm³/mol. The average Bonchev–Trinajstić information content (AvgIpc) is 3.29. The van der Waals surface area contributed by atoms with Crippen molar-refractivity contribution >= 4 is 33.4 Å². The fourth-order valence-corrected chi connectivity index (χ4v) is 5.47. The Kier molecular flexibility index (Phi) is 6.46. The summed E-state index contributed by atoms with van der Waals surface area (Å²) in [5.74, 6) is 0.935. The summed E-state index contributed by atoms with van der Waals surface area (Å²) in [5, 5.41) is 13.1. The molecule has 0 fully saturated rings. The minimum Gasteiger partial charge on any atom is -0.334 e. The second-order valence-electron chi connectivity index (χ2n) is 6.56. The van der Waals surface area contributed by atoms with Crippen molar-refractivity contribution in [1.82, 2.24) is 14.9 Å². The molecule has 3 aromatic carbocycles. The molecular formula is C22H15ClN4O3S2.